The first-order valence-corrected chi connectivity index (χ1v) is 7.14. The first-order chi connectivity index (χ1) is 9.48. The van der Waals surface area contributed by atoms with Crippen LogP contribution in [0.3, 0.4) is 0 Å². The molecular formula is C16H21NO3. The average molecular weight is 275 g/mol. The SMILES string of the molecule is CCCC(C)(NC(=O)c1cccc2c1CCC2)C(=O)O. The van der Waals surface area contributed by atoms with Gasteiger partial charge in [-0.2, -0.15) is 0 Å². The zero-order valence-corrected chi connectivity index (χ0v) is 12.0. The molecule has 1 unspecified atom stereocenters. The Bertz CT molecular complexity index is 539. The van der Waals surface area contributed by atoms with Crippen molar-refractivity contribution in [3.63, 3.8) is 0 Å². The molecule has 2 N–H and O–H groups in total. The van der Waals surface area contributed by atoms with Crippen LogP contribution in [0.1, 0.15) is 54.6 Å². The lowest BCUT2D eigenvalue weighted by molar-refractivity contribution is -0.144. The first-order valence-electron chi connectivity index (χ1n) is 7.14. The lowest BCUT2D eigenvalue weighted by Gasteiger charge is -2.26. The van der Waals surface area contributed by atoms with E-state index in [4.69, 9.17) is 0 Å². The number of hydrogen-bond acceptors (Lipinski definition) is 2. The molecule has 0 spiro atoms. The summed E-state index contributed by atoms with van der Waals surface area (Å²) in [5.74, 6) is -1.26. The van der Waals surface area contributed by atoms with Crippen molar-refractivity contribution in [2.45, 2.75) is 51.5 Å². The van der Waals surface area contributed by atoms with Crippen molar-refractivity contribution < 1.29 is 14.7 Å². The summed E-state index contributed by atoms with van der Waals surface area (Å²) in [5, 5.41) is 12.0. The highest BCUT2D eigenvalue weighted by molar-refractivity contribution is 5.99. The third-order valence-corrected chi connectivity index (χ3v) is 4.00. The lowest BCUT2D eigenvalue weighted by Crippen LogP contribution is -2.52. The molecule has 1 aliphatic rings. The number of carboxylic acids is 1. The highest BCUT2D eigenvalue weighted by Crippen LogP contribution is 2.26. The van der Waals surface area contributed by atoms with Gasteiger partial charge in [0.25, 0.3) is 5.91 Å². The third-order valence-electron chi connectivity index (χ3n) is 4.00. The molecule has 0 aromatic heterocycles. The lowest BCUT2D eigenvalue weighted by atomic mass is 9.94. The van der Waals surface area contributed by atoms with Crippen LogP contribution in [0.4, 0.5) is 0 Å². The Hall–Kier alpha value is -1.84. The molecule has 20 heavy (non-hydrogen) atoms. The van der Waals surface area contributed by atoms with Crippen molar-refractivity contribution in [1.29, 1.82) is 0 Å². The number of aryl methyl sites for hydroxylation is 1. The van der Waals surface area contributed by atoms with Gasteiger partial charge in [0.05, 0.1) is 0 Å². The molecule has 0 aliphatic heterocycles. The van der Waals surface area contributed by atoms with Gasteiger partial charge in [-0.3, -0.25) is 4.79 Å². The standard InChI is InChI=1S/C16H21NO3/c1-3-10-16(2,15(19)20)17-14(18)13-9-5-7-11-6-4-8-12(11)13/h5,7,9H,3-4,6,8,10H2,1-2H3,(H,17,18)(H,19,20). The largest absolute Gasteiger partial charge is 0.480 e. The number of rotatable bonds is 5. The number of amides is 1. The predicted octanol–water partition coefficient (Wildman–Crippen LogP) is 2.55. The number of carbonyl (C=O) groups is 2. The van der Waals surface area contributed by atoms with Gasteiger partial charge in [-0.25, -0.2) is 4.79 Å². The van der Waals surface area contributed by atoms with Crippen LogP contribution in [0, 0.1) is 0 Å². The van der Waals surface area contributed by atoms with E-state index in [9.17, 15) is 14.7 Å². The Balaban J connectivity index is 2.24. The Labute approximate surface area is 119 Å². The molecule has 0 bridgehead atoms. The zero-order chi connectivity index (χ0) is 14.8. The maximum absolute atomic E-state index is 12.4. The molecule has 1 aromatic carbocycles. The van der Waals surface area contributed by atoms with E-state index in [1.807, 2.05) is 19.1 Å². The smallest absolute Gasteiger partial charge is 0.329 e. The summed E-state index contributed by atoms with van der Waals surface area (Å²) in [5.41, 5.74) is 1.72. The number of benzene rings is 1. The van der Waals surface area contributed by atoms with Crippen molar-refractivity contribution in [2.24, 2.45) is 0 Å². The van der Waals surface area contributed by atoms with Crippen LogP contribution >= 0.6 is 0 Å². The molecule has 2 rings (SSSR count). The number of aliphatic carboxylic acids is 1. The van der Waals surface area contributed by atoms with E-state index in [0.717, 1.165) is 24.8 Å². The zero-order valence-electron chi connectivity index (χ0n) is 12.0. The number of carboxylic acid groups (broad SMARTS) is 1. The molecule has 0 heterocycles. The van der Waals surface area contributed by atoms with Crippen molar-refractivity contribution in [1.82, 2.24) is 5.32 Å². The minimum absolute atomic E-state index is 0.276. The van der Waals surface area contributed by atoms with Crippen LogP contribution in [0.15, 0.2) is 18.2 Å². The minimum Gasteiger partial charge on any atom is -0.480 e. The first kappa shape index (κ1) is 14.6. The molecule has 0 saturated carbocycles. The number of fused-ring (bicyclic) bond motifs is 1. The molecule has 0 saturated heterocycles. The molecule has 4 nitrogen and oxygen atoms in total. The van der Waals surface area contributed by atoms with Gasteiger partial charge in [0.1, 0.15) is 5.54 Å². The second-order valence-corrected chi connectivity index (χ2v) is 5.64. The van der Waals surface area contributed by atoms with Gasteiger partial charge >= 0.3 is 5.97 Å². The Kier molecular flexibility index (Phi) is 4.12. The summed E-state index contributed by atoms with van der Waals surface area (Å²) >= 11 is 0. The van der Waals surface area contributed by atoms with E-state index in [1.54, 1.807) is 13.0 Å². The van der Waals surface area contributed by atoms with Gasteiger partial charge < -0.3 is 10.4 Å². The molecule has 1 amide bonds. The normalized spacial score (nSPS) is 16.3. The summed E-state index contributed by atoms with van der Waals surface area (Å²) in [4.78, 5) is 23.8. The fourth-order valence-corrected chi connectivity index (χ4v) is 2.87. The summed E-state index contributed by atoms with van der Waals surface area (Å²) in [6.07, 6.45) is 4.09. The maximum Gasteiger partial charge on any atom is 0.329 e. The monoisotopic (exact) mass is 275 g/mol. The van der Waals surface area contributed by atoms with Gasteiger partial charge in [-0.05, 0) is 49.8 Å². The van der Waals surface area contributed by atoms with E-state index in [-0.39, 0.29) is 5.91 Å². The summed E-state index contributed by atoms with van der Waals surface area (Å²) in [7, 11) is 0. The van der Waals surface area contributed by atoms with E-state index >= 15 is 0 Å². The maximum atomic E-state index is 12.4. The molecule has 1 atom stereocenters. The predicted molar refractivity (Wildman–Crippen MR) is 76.9 cm³/mol. The molecule has 0 fully saturated rings. The Morgan fingerprint density at radius 2 is 2.10 bits per heavy atom. The van der Waals surface area contributed by atoms with Crippen molar-refractivity contribution in [3.8, 4) is 0 Å². The molecule has 4 heteroatoms. The topological polar surface area (TPSA) is 66.4 Å². The van der Waals surface area contributed by atoms with Crippen molar-refractivity contribution >= 4 is 11.9 Å². The van der Waals surface area contributed by atoms with E-state index < -0.39 is 11.5 Å². The fourth-order valence-electron chi connectivity index (χ4n) is 2.87. The van der Waals surface area contributed by atoms with E-state index in [1.165, 1.54) is 5.56 Å². The number of hydrogen-bond donors (Lipinski definition) is 2. The molecule has 108 valence electrons. The second-order valence-electron chi connectivity index (χ2n) is 5.64. The fraction of sp³-hybridized carbons (Fsp3) is 0.500. The van der Waals surface area contributed by atoms with Gasteiger partial charge in [0.2, 0.25) is 0 Å². The van der Waals surface area contributed by atoms with Gasteiger partial charge in [-0.15, -0.1) is 0 Å². The Morgan fingerprint density at radius 1 is 1.35 bits per heavy atom. The molecule has 0 radical (unpaired) electrons. The highest BCUT2D eigenvalue weighted by atomic mass is 16.4. The van der Waals surface area contributed by atoms with Gasteiger partial charge in [0.15, 0.2) is 0 Å². The van der Waals surface area contributed by atoms with Crippen molar-refractivity contribution in [2.75, 3.05) is 0 Å². The third kappa shape index (κ3) is 2.69. The molecule has 1 aromatic rings. The van der Waals surface area contributed by atoms with Crippen LogP contribution in [-0.4, -0.2) is 22.5 Å². The molecule has 1 aliphatic carbocycles. The van der Waals surface area contributed by atoms with E-state index in [2.05, 4.69) is 5.32 Å². The minimum atomic E-state index is -1.20. The summed E-state index contributed by atoms with van der Waals surface area (Å²) in [6.45, 7) is 3.48. The van der Waals surface area contributed by atoms with E-state index in [0.29, 0.717) is 18.4 Å². The number of nitrogens with one attached hydrogen (secondary N) is 1. The molecular weight excluding hydrogens is 254 g/mol. The van der Waals surface area contributed by atoms with Crippen molar-refractivity contribution in [3.05, 3.63) is 34.9 Å². The average Bonchev–Trinajstić information content (AvgIpc) is 2.86. The summed E-state index contributed by atoms with van der Waals surface area (Å²) < 4.78 is 0. The number of carbonyl (C=O) groups excluding carboxylic acids is 1. The second kappa shape index (κ2) is 5.65. The summed E-state index contributed by atoms with van der Waals surface area (Å²) in [6, 6.07) is 5.70. The quantitative estimate of drug-likeness (QED) is 0.868. The van der Waals surface area contributed by atoms with Gasteiger partial charge in [-0.1, -0.05) is 25.5 Å². The van der Waals surface area contributed by atoms with Crippen LogP contribution in [-0.2, 0) is 17.6 Å². The highest BCUT2D eigenvalue weighted by Gasteiger charge is 2.34. The van der Waals surface area contributed by atoms with Crippen LogP contribution in [0.5, 0.6) is 0 Å². The Morgan fingerprint density at radius 3 is 2.75 bits per heavy atom. The van der Waals surface area contributed by atoms with Crippen LogP contribution < -0.4 is 5.32 Å². The van der Waals surface area contributed by atoms with Gasteiger partial charge in [0, 0.05) is 5.56 Å². The van der Waals surface area contributed by atoms with Crippen LogP contribution in [0.25, 0.3) is 0 Å². The van der Waals surface area contributed by atoms with Crippen LogP contribution in [0.2, 0.25) is 0 Å².